The van der Waals surface area contributed by atoms with Crippen LogP contribution in [0.2, 0.25) is 0 Å². The summed E-state index contributed by atoms with van der Waals surface area (Å²) >= 11 is 2.05. The van der Waals surface area contributed by atoms with E-state index in [9.17, 15) is 19.8 Å². The molecular formula is C26H34INO6. The number of carbonyl (C=O) groups is 2. The van der Waals surface area contributed by atoms with Crippen LogP contribution in [0.5, 0.6) is 11.5 Å². The Labute approximate surface area is 214 Å². The van der Waals surface area contributed by atoms with Crippen LogP contribution in [0.25, 0.3) is 0 Å². The highest BCUT2D eigenvalue weighted by Gasteiger charge is 2.66. The first-order chi connectivity index (χ1) is 16.3. The summed E-state index contributed by atoms with van der Waals surface area (Å²) in [5.74, 6) is -2.70. The Hall–Kier alpha value is -1.39. The molecular weight excluding hydrogens is 549 g/mol. The molecule has 186 valence electrons. The van der Waals surface area contributed by atoms with E-state index < -0.39 is 23.7 Å². The molecule has 5 rings (SSSR count). The predicted molar refractivity (Wildman–Crippen MR) is 133 cm³/mol. The van der Waals surface area contributed by atoms with Crippen molar-refractivity contribution in [1.82, 2.24) is 4.90 Å². The molecule has 4 fully saturated rings. The highest BCUT2D eigenvalue weighted by Crippen LogP contribution is 2.59. The summed E-state index contributed by atoms with van der Waals surface area (Å²) in [6, 6.07) is 3.58. The van der Waals surface area contributed by atoms with Crippen LogP contribution in [0.4, 0.5) is 0 Å². The fourth-order valence-electron chi connectivity index (χ4n) is 7.03. The molecule has 2 aliphatic heterocycles. The van der Waals surface area contributed by atoms with Crippen molar-refractivity contribution in [2.75, 3.05) is 7.11 Å². The first-order valence-corrected chi connectivity index (χ1v) is 13.7. The molecule has 8 heteroatoms. The van der Waals surface area contributed by atoms with Gasteiger partial charge in [-0.1, -0.05) is 32.6 Å². The van der Waals surface area contributed by atoms with Crippen molar-refractivity contribution in [2.45, 2.75) is 82.6 Å². The number of benzene rings is 1. The summed E-state index contributed by atoms with van der Waals surface area (Å²) in [6.07, 6.45) is 7.14. The number of phenolic OH excluding ortho intramolecular Hbond substituents is 1. The number of aromatic hydroxyl groups is 1. The number of nitrogens with zero attached hydrogens (tertiary/aromatic N) is 1. The maximum absolute atomic E-state index is 13.7. The minimum atomic E-state index is -1.45. The van der Waals surface area contributed by atoms with Gasteiger partial charge in [0.25, 0.3) is 0 Å². The van der Waals surface area contributed by atoms with Crippen LogP contribution < -0.4 is 4.74 Å². The number of likely N-dealkylation sites (tertiary alicyclic amines) is 1. The average Bonchev–Trinajstić information content (AvgIpc) is 3.31. The zero-order chi connectivity index (χ0) is 24.2. The maximum Gasteiger partial charge on any atom is 0.233 e. The van der Waals surface area contributed by atoms with E-state index in [1.165, 1.54) is 7.11 Å². The number of methoxy groups -OCH3 is 1. The SMILES string of the molecule is CCC[C@H]1C[C@@H]2C(=O)N(C3CCCCC3)C(=O)[C@@H]2[C@@H]2C[C@@H](c3cc(I)c(O)c(OC)c3)O[C@]12O. The summed E-state index contributed by atoms with van der Waals surface area (Å²) in [6.45, 7) is 2.07. The fraction of sp³-hybridized carbons (Fsp3) is 0.692. The van der Waals surface area contributed by atoms with Crippen LogP contribution >= 0.6 is 22.6 Å². The van der Waals surface area contributed by atoms with Crippen molar-refractivity contribution in [3.8, 4) is 11.5 Å². The minimum absolute atomic E-state index is 0.00174. The normalized spacial score (nSPS) is 36.0. The van der Waals surface area contributed by atoms with Crippen molar-refractivity contribution < 1.29 is 29.3 Å². The molecule has 0 spiro atoms. The van der Waals surface area contributed by atoms with Gasteiger partial charge in [-0.2, -0.15) is 0 Å². The van der Waals surface area contributed by atoms with E-state index >= 15 is 0 Å². The van der Waals surface area contributed by atoms with Crippen molar-refractivity contribution in [2.24, 2.45) is 23.7 Å². The number of carbonyl (C=O) groups excluding carboxylic acids is 2. The van der Waals surface area contributed by atoms with Crippen LogP contribution in [-0.2, 0) is 14.3 Å². The van der Waals surface area contributed by atoms with Gasteiger partial charge in [0.1, 0.15) is 0 Å². The molecule has 0 bridgehead atoms. The lowest BCUT2D eigenvalue weighted by atomic mass is 9.63. The second-order valence-corrected chi connectivity index (χ2v) is 11.6. The van der Waals surface area contributed by atoms with E-state index in [4.69, 9.17) is 9.47 Å². The van der Waals surface area contributed by atoms with Gasteiger partial charge in [-0.25, -0.2) is 0 Å². The number of amides is 2. The first-order valence-electron chi connectivity index (χ1n) is 12.6. The quantitative estimate of drug-likeness (QED) is 0.391. The lowest BCUT2D eigenvalue weighted by Gasteiger charge is -2.44. The molecule has 6 atom stereocenters. The monoisotopic (exact) mass is 583 g/mol. The van der Waals surface area contributed by atoms with Crippen LogP contribution in [-0.4, -0.2) is 45.9 Å². The lowest BCUT2D eigenvalue weighted by Crippen LogP contribution is -2.53. The number of aliphatic hydroxyl groups is 1. The second-order valence-electron chi connectivity index (χ2n) is 10.4. The van der Waals surface area contributed by atoms with Gasteiger partial charge in [-0.05, 0) is 72.4 Å². The fourth-order valence-corrected chi connectivity index (χ4v) is 7.65. The molecule has 1 aromatic carbocycles. The minimum Gasteiger partial charge on any atom is -0.504 e. The molecule has 2 aliphatic carbocycles. The van der Waals surface area contributed by atoms with E-state index in [2.05, 4.69) is 29.5 Å². The number of phenols is 1. The predicted octanol–water partition coefficient (Wildman–Crippen LogP) is 4.53. The lowest BCUT2D eigenvalue weighted by molar-refractivity contribution is -0.270. The molecule has 2 amide bonds. The Bertz CT molecular complexity index is 978. The molecule has 2 saturated heterocycles. The Balaban J connectivity index is 1.50. The van der Waals surface area contributed by atoms with Crippen molar-refractivity contribution in [3.63, 3.8) is 0 Å². The molecule has 4 aliphatic rings. The molecule has 0 aromatic heterocycles. The van der Waals surface area contributed by atoms with Crippen LogP contribution in [0.1, 0.15) is 76.4 Å². The molecule has 2 saturated carbocycles. The van der Waals surface area contributed by atoms with Gasteiger partial charge < -0.3 is 19.7 Å². The standard InChI is InChI=1S/C26H34INO6/c1-3-7-15-12-17-22(25(31)28(24(17)30)16-8-5-4-6-9-16)18-13-20(34-26(15,18)32)14-10-19(27)23(29)21(11-14)33-2/h10-11,15-18,20,22,29,32H,3-9,12-13H2,1-2H3/t15-,17-,18-,20-,22-,26+/m0/s1. The summed E-state index contributed by atoms with van der Waals surface area (Å²) in [4.78, 5) is 28.8. The molecule has 0 unspecified atom stereocenters. The van der Waals surface area contributed by atoms with Gasteiger partial charge in [0, 0.05) is 17.9 Å². The number of ether oxygens (including phenoxy) is 2. The number of fused-ring (bicyclic) bond motifs is 3. The molecule has 2 N–H and O–H groups in total. The first kappa shape index (κ1) is 24.3. The van der Waals surface area contributed by atoms with Crippen molar-refractivity contribution in [1.29, 1.82) is 0 Å². The van der Waals surface area contributed by atoms with Gasteiger partial charge in [-0.3, -0.25) is 14.5 Å². The number of hydrogen-bond donors (Lipinski definition) is 2. The number of rotatable bonds is 5. The zero-order valence-corrected chi connectivity index (χ0v) is 22.0. The number of halogens is 1. The summed E-state index contributed by atoms with van der Waals surface area (Å²) in [5, 5.41) is 22.2. The third-order valence-electron chi connectivity index (χ3n) is 8.62. The largest absolute Gasteiger partial charge is 0.504 e. The van der Waals surface area contributed by atoms with Crippen molar-refractivity contribution >= 4 is 34.4 Å². The summed E-state index contributed by atoms with van der Waals surface area (Å²) < 4.78 is 12.4. The Kier molecular flexibility index (Phi) is 6.61. The smallest absolute Gasteiger partial charge is 0.233 e. The van der Waals surface area contributed by atoms with Gasteiger partial charge >= 0.3 is 0 Å². The number of imide groups is 1. The Morgan fingerprint density at radius 2 is 1.91 bits per heavy atom. The molecule has 0 radical (unpaired) electrons. The topological polar surface area (TPSA) is 96.3 Å². The third-order valence-corrected chi connectivity index (χ3v) is 9.44. The summed E-state index contributed by atoms with van der Waals surface area (Å²) in [5.41, 5.74) is 0.801. The highest BCUT2D eigenvalue weighted by atomic mass is 127. The van der Waals surface area contributed by atoms with Gasteiger partial charge in [-0.15, -0.1) is 0 Å². The van der Waals surface area contributed by atoms with Gasteiger partial charge in [0.05, 0.1) is 28.6 Å². The van der Waals surface area contributed by atoms with Crippen molar-refractivity contribution in [3.05, 3.63) is 21.3 Å². The second kappa shape index (κ2) is 9.24. The van der Waals surface area contributed by atoms with E-state index in [1.54, 1.807) is 11.0 Å². The average molecular weight is 583 g/mol. The number of hydrogen-bond acceptors (Lipinski definition) is 6. The van der Waals surface area contributed by atoms with Crippen LogP contribution in [0.15, 0.2) is 12.1 Å². The third kappa shape index (κ3) is 3.75. The van der Waals surface area contributed by atoms with E-state index in [1.807, 2.05) is 6.07 Å². The Morgan fingerprint density at radius 3 is 2.59 bits per heavy atom. The summed E-state index contributed by atoms with van der Waals surface area (Å²) in [7, 11) is 1.50. The molecule has 34 heavy (non-hydrogen) atoms. The van der Waals surface area contributed by atoms with E-state index in [0.29, 0.717) is 22.2 Å². The highest BCUT2D eigenvalue weighted by molar-refractivity contribution is 14.1. The van der Waals surface area contributed by atoms with Gasteiger partial charge in [0.2, 0.25) is 11.8 Å². The maximum atomic E-state index is 13.7. The van der Waals surface area contributed by atoms with E-state index in [0.717, 1.165) is 50.5 Å². The molecule has 1 aromatic rings. The van der Waals surface area contributed by atoms with Crippen LogP contribution in [0.3, 0.4) is 0 Å². The Morgan fingerprint density at radius 1 is 1.18 bits per heavy atom. The molecule has 7 nitrogen and oxygen atoms in total. The van der Waals surface area contributed by atoms with Crippen LogP contribution in [0, 0.1) is 27.2 Å². The van der Waals surface area contributed by atoms with Gasteiger partial charge in [0.15, 0.2) is 17.3 Å². The van der Waals surface area contributed by atoms with E-state index in [-0.39, 0.29) is 35.4 Å². The zero-order valence-electron chi connectivity index (χ0n) is 19.8. The molecule has 2 heterocycles.